The molecule has 0 aliphatic carbocycles. The van der Waals surface area contributed by atoms with E-state index in [1.807, 2.05) is 43.3 Å². The van der Waals surface area contributed by atoms with E-state index in [1.54, 1.807) is 17.6 Å². The van der Waals surface area contributed by atoms with Crippen molar-refractivity contribution < 1.29 is 4.79 Å². The molecular formula is C16H18N2OS. The minimum Gasteiger partial charge on any atom is -0.267 e. The highest BCUT2D eigenvalue weighted by atomic mass is 32.1. The van der Waals surface area contributed by atoms with E-state index in [-0.39, 0.29) is 5.91 Å². The van der Waals surface area contributed by atoms with E-state index in [0.29, 0.717) is 11.5 Å². The van der Waals surface area contributed by atoms with Gasteiger partial charge in [-0.2, -0.15) is 5.10 Å². The molecule has 0 atom stereocenters. The minimum atomic E-state index is -0.190. The van der Waals surface area contributed by atoms with Crippen LogP contribution in [0.15, 0.2) is 41.5 Å². The zero-order chi connectivity index (χ0) is 14.5. The van der Waals surface area contributed by atoms with Crippen molar-refractivity contribution in [1.82, 2.24) is 5.43 Å². The van der Waals surface area contributed by atoms with Crippen LogP contribution in [0.1, 0.15) is 45.4 Å². The van der Waals surface area contributed by atoms with Crippen LogP contribution in [-0.2, 0) is 0 Å². The molecular weight excluding hydrogens is 268 g/mol. The van der Waals surface area contributed by atoms with Gasteiger partial charge >= 0.3 is 0 Å². The van der Waals surface area contributed by atoms with Crippen LogP contribution in [0.4, 0.5) is 0 Å². The van der Waals surface area contributed by atoms with Crippen molar-refractivity contribution in [3.8, 4) is 0 Å². The lowest BCUT2D eigenvalue weighted by atomic mass is 10.0. The van der Waals surface area contributed by atoms with E-state index in [4.69, 9.17) is 0 Å². The summed E-state index contributed by atoms with van der Waals surface area (Å²) in [5.74, 6) is 0.275. The highest BCUT2D eigenvalue weighted by Gasteiger charge is 2.05. The van der Waals surface area contributed by atoms with Gasteiger partial charge in [-0.25, -0.2) is 5.43 Å². The summed E-state index contributed by atoms with van der Waals surface area (Å²) in [5.41, 5.74) is 4.38. The predicted molar refractivity (Wildman–Crippen MR) is 84.6 cm³/mol. The summed E-state index contributed by atoms with van der Waals surface area (Å²) in [4.78, 5) is 14.1. The smallest absolute Gasteiger partial charge is 0.267 e. The van der Waals surface area contributed by atoms with E-state index >= 15 is 0 Å². The highest BCUT2D eigenvalue weighted by molar-refractivity contribution is 7.13. The van der Waals surface area contributed by atoms with Crippen LogP contribution in [0.5, 0.6) is 0 Å². The SMILES string of the molecule is Cc1ccc(C=NNC(=O)c2ccc(C(C)C)cc2)s1. The highest BCUT2D eigenvalue weighted by Crippen LogP contribution is 2.15. The largest absolute Gasteiger partial charge is 0.271 e. The Morgan fingerprint density at radius 3 is 2.45 bits per heavy atom. The molecule has 0 saturated heterocycles. The number of nitrogens with one attached hydrogen (secondary N) is 1. The minimum absolute atomic E-state index is 0.190. The van der Waals surface area contributed by atoms with Crippen molar-refractivity contribution in [2.24, 2.45) is 5.10 Å². The van der Waals surface area contributed by atoms with E-state index in [1.165, 1.54) is 10.4 Å². The number of carbonyl (C=O) groups excluding carboxylic acids is 1. The maximum Gasteiger partial charge on any atom is 0.271 e. The molecule has 0 radical (unpaired) electrons. The Morgan fingerprint density at radius 1 is 1.20 bits per heavy atom. The van der Waals surface area contributed by atoms with Crippen molar-refractivity contribution in [1.29, 1.82) is 0 Å². The Bertz CT molecular complexity index is 612. The fraction of sp³-hybridized carbons (Fsp3) is 0.250. The van der Waals surface area contributed by atoms with Crippen LogP contribution >= 0.6 is 11.3 Å². The van der Waals surface area contributed by atoms with Gasteiger partial charge in [-0.3, -0.25) is 4.79 Å². The van der Waals surface area contributed by atoms with Gasteiger partial charge in [-0.15, -0.1) is 11.3 Å². The number of hydrogen-bond acceptors (Lipinski definition) is 3. The second-order valence-electron chi connectivity index (χ2n) is 4.92. The Hall–Kier alpha value is -1.94. The van der Waals surface area contributed by atoms with Gasteiger partial charge in [0.2, 0.25) is 0 Å². The summed E-state index contributed by atoms with van der Waals surface area (Å²) in [5, 5.41) is 3.97. The van der Waals surface area contributed by atoms with Gasteiger partial charge in [0, 0.05) is 15.3 Å². The van der Waals surface area contributed by atoms with Crippen LogP contribution in [0.2, 0.25) is 0 Å². The van der Waals surface area contributed by atoms with Crippen LogP contribution < -0.4 is 5.43 Å². The fourth-order valence-electron chi connectivity index (χ4n) is 1.76. The standard InChI is InChI=1S/C16H18N2OS/c1-11(2)13-5-7-14(8-6-13)16(19)18-17-10-15-9-4-12(3)20-15/h4-11H,1-3H3,(H,18,19). The Kier molecular flexibility index (Phi) is 4.69. The summed E-state index contributed by atoms with van der Waals surface area (Å²) < 4.78 is 0. The van der Waals surface area contributed by atoms with Gasteiger partial charge in [0.15, 0.2) is 0 Å². The zero-order valence-electron chi connectivity index (χ0n) is 11.9. The maximum absolute atomic E-state index is 11.9. The van der Waals surface area contributed by atoms with Crippen LogP contribution in [-0.4, -0.2) is 12.1 Å². The number of rotatable bonds is 4. The summed E-state index contributed by atoms with van der Waals surface area (Å²) >= 11 is 1.64. The Morgan fingerprint density at radius 2 is 1.90 bits per heavy atom. The van der Waals surface area contributed by atoms with Crippen molar-refractivity contribution in [3.63, 3.8) is 0 Å². The fourth-order valence-corrected chi connectivity index (χ4v) is 2.51. The van der Waals surface area contributed by atoms with E-state index in [2.05, 4.69) is 24.4 Å². The number of hydrazone groups is 1. The third-order valence-electron chi connectivity index (χ3n) is 2.96. The third-order valence-corrected chi connectivity index (χ3v) is 3.89. The molecule has 1 aromatic carbocycles. The number of nitrogens with zero attached hydrogens (tertiary/aromatic N) is 1. The quantitative estimate of drug-likeness (QED) is 0.671. The van der Waals surface area contributed by atoms with Gasteiger partial charge in [-0.1, -0.05) is 26.0 Å². The zero-order valence-corrected chi connectivity index (χ0v) is 12.7. The summed E-state index contributed by atoms with van der Waals surface area (Å²) in [6, 6.07) is 11.6. The lowest BCUT2D eigenvalue weighted by Gasteiger charge is -2.05. The molecule has 0 spiro atoms. The first-order valence-electron chi connectivity index (χ1n) is 6.56. The second kappa shape index (κ2) is 6.48. The van der Waals surface area contributed by atoms with E-state index < -0.39 is 0 Å². The van der Waals surface area contributed by atoms with Crippen molar-refractivity contribution in [2.45, 2.75) is 26.7 Å². The first-order chi connectivity index (χ1) is 9.56. The van der Waals surface area contributed by atoms with E-state index in [9.17, 15) is 4.79 Å². The molecule has 0 aliphatic rings. The molecule has 104 valence electrons. The van der Waals surface area contributed by atoms with Gasteiger partial charge < -0.3 is 0 Å². The van der Waals surface area contributed by atoms with Crippen LogP contribution in [0, 0.1) is 6.92 Å². The molecule has 0 bridgehead atoms. The van der Waals surface area contributed by atoms with E-state index in [0.717, 1.165) is 4.88 Å². The molecule has 3 nitrogen and oxygen atoms in total. The monoisotopic (exact) mass is 286 g/mol. The van der Waals surface area contributed by atoms with Crippen molar-refractivity contribution >= 4 is 23.5 Å². The van der Waals surface area contributed by atoms with Gasteiger partial charge in [0.25, 0.3) is 5.91 Å². The lowest BCUT2D eigenvalue weighted by molar-refractivity contribution is 0.0955. The normalized spacial score (nSPS) is 11.2. The topological polar surface area (TPSA) is 41.5 Å². The number of amides is 1. The van der Waals surface area contributed by atoms with Crippen LogP contribution in [0.25, 0.3) is 0 Å². The predicted octanol–water partition coefficient (Wildman–Crippen LogP) is 3.94. The molecule has 20 heavy (non-hydrogen) atoms. The molecule has 2 aromatic rings. The van der Waals surface area contributed by atoms with Gasteiger partial charge in [0.1, 0.15) is 0 Å². The molecule has 0 aliphatic heterocycles. The summed E-state index contributed by atoms with van der Waals surface area (Å²) in [6.45, 7) is 6.29. The molecule has 2 rings (SSSR count). The number of thiophene rings is 1. The summed E-state index contributed by atoms with van der Waals surface area (Å²) in [6.07, 6.45) is 1.66. The second-order valence-corrected chi connectivity index (χ2v) is 6.24. The number of aryl methyl sites for hydroxylation is 1. The molecule has 1 heterocycles. The third kappa shape index (κ3) is 3.78. The number of hydrogen-bond donors (Lipinski definition) is 1. The number of benzene rings is 1. The average molecular weight is 286 g/mol. The Labute approximate surface area is 123 Å². The molecule has 1 amide bonds. The first-order valence-corrected chi connectivity index (χ1v) is 7.37. The molecule has 1 N–H and O–H groups in total. The van der Waals surface area contributed by atoms with Crippen molar-refractivity contribution in [3.05, 3.63) is 57.3 Å². The molecule has 1 aromatic heterocycles. The Balaban J connectivity index is 1.96. The summed E-state index contributed by atoms with van der Waals surface area (Å²) in [7, 11) is 0. The molecule has 0 fully saturated rings. The van der Waals surface area contributed by atoms with Gasteiger partial charge in [0.05, 0.1) is 6.21 Å². The maximum atomic E-state index is 11.9. The molecule has 4 heteroatoms. The first kappa shape index (κ1) is 14.5. The number of carbonyl (C=O) groups is 1. The average Bonchev–Trinajstić information content (AvgIpc) is 2.84. The van der Waals surface area contributed by atoms with Crippen molar-refractivity contribution in [2.75, 3.05) is 0 Å². The van der Waals surface area contributed by atoms with Gasteiger partial charge in [-0.05, 0) is 42.7 Å². The van der Waals surface area contributed by atoms with Crippen LogP contribution in [0.3, 0.4) is 0 Å². The molecule has 0 unspecified atom stereocenters. The molecule has 0 saturated carbocycles. The lowest BCUT2D eigenvalue weighted by Crippen LogP contribution is -2.17.